The van der Waals surface area contributed by atoms with Gasteiger partial charge in [-0.1, -0.05) is 38.1 Å². The normalized spacial score (nSPS) is 19.0. The molecule has 31 heavy (non-hydrogen) atoms. The van der Waals surface area contributed by atoms with Crippen molar-refractivity contribution in [2.75, 3.05) is 13.1 Å². The molecular formula is C25H34N4O2. The van der Waals surface area contributed by atoms with Crippen LogP contribution in [0.15, 0.2) is 43.0 Å². The maximum absolute atomic E-state index is 13.5. The number of carbonyl (C=O) groups is 2. The van der Waals surface area contributed by atoms with Crippen molar-refractivity contribution >= 4 is 11.8 Å². The number of aromatic nitrogens is 2. The number of rotatable bonds is 7. The average Bonchev–Trinajstić information content (AvgIpc) is 2.74. The van der Waals surface area contributed by atoms with Crippen LogP contribution in [0.5, 0.6) is 0 Å². The van der Waals surface area contributed by atoms with E-state index in [9.17, 15) is 9.59 Å². The van der Waals surface area contributed by atoms with E-state index in [0.717, 1.165) is 36.1 Å². The molecule has 0 radical (unpaired) electrons. The van der Waals surface area contributed by atoms with E-state index < -0.39 is 5.41 Å². The zero-order valence-electron chi connectivity index (χ0n) is 19.1. The first-order valence-corrected chi connectivity index (χ1v) is 11.2. The molecule has 0 bridgehead atoms. The van der Waals surface area contributed by atoms with Crippen molar-refractivity contribution in [1.29, 1.82) is 0 Å². The molecule has 1 aromatic heterocycles. The maximum atomic E-state index is 13.5. The summed E-state index contributed by atoms with van der Waals surface area (Å²) in [6, 6.07) is 8.16. The van der Waals surface area contributed by atoms with Gasteiger partial charge in [0, 0.05) is 43.5 Å². The first-order valence-electron chi connectivity index (χ1n) is 11.2. The molecule has 1 saturated heterocycles. The standard InChI is InChI=1S/C25H34N4O2/c1-18(2)12-23(30)29-11-7-10-25(16-29,24(31)28-19(3)4)13-20-8-5-6-9-22(20)21-14-26-17-27-15-21/h5-6,8-9,14-15,17-19H,7,10-13,16H2,1-4H3,(H,28,31)/t25-/m1/s1. The van der Waals surface area contributed by atoms with Gasteiger partial charge >= 0.3 is 0 Å². The molecule has 3 rings (SSSR count). The zero-order valence-corrected chi connectivity index (χ0v) is 19.1. The highest BCUT2D eigenvalue weighted by Gasteiger charge is 2.44. The summed E-state index contributed by atoms with van der Waals surface area (Å²) in [5, 5.41) is 3.13. The Bertz CT molecular complexity index is 897. The molecule has 0 aliphatic carbocycles. The molecular weight excluding hydrogens is 388 g/mol. The number of piperidine rings is 1. The van der Waals surface area contributed by atoms with Gasteiger partial charge in [-0.2, -0.15) is 0 Å². The van der Waals surface area contributed by atoms with Gasteiger partial charge in [0.15, 0.2) is 0 Å². The summed E-state index contributed by atoms with van der Waals surface area (Å²) in [6.45, 7) is 9.24. The maximum Gasteiger partial charge on any atom is 0.228 e. The Hall–Kier alpha value is -2.76. The lowest BCUT2D eigenvalue weighted by Crippen LogP contribution is -2.55. The van der Waals surface area contributed by atoms with E-state index in [4.69, 9.17) is 0 Å². The minimum Gasteiger partial charge on any atom is -0.353 e. The topological polar surface area (TPSA) is 75.2 Å². The van der Waals surface area contributed by atoms with Gasteiger partial charge in [-0.25, -0.2) is 9.97 Å². The number of likely N-dealkylation sites (tertiary alicyclic amines) is 1. The molecule has 0 spiro atoms. The van der Waals surface area contributed by atoms with Crippen LogP contribution in [0.25, 0.3) is 11.1 Å². The number of hydrogen-bond acceptors (Lipinski definition) is 4. The van der Waals surface area contributed by atoms with Crippen molar-refractivity contribution in [2.24, 2.45) is 11.3 Å². The third-order valence-electron chi connectivity index (χ3n) is 5.83. The first kappa shape index (κ1) is 22.9. The lowest BCUT2D eigenvalue weighted by atomic mass is 9.73. The number of amides is 2. The summed E-state index contributed by atoms with van der Waals surface area (Å²) in [7, 11) is 0. The second-order valence-electron chi connectivity index (χ2n) is 9.39. The quantitative estimate of drug-likeness (QED) is 0.735. The van der Waals surface area contributed by atoms with E-state index in [0.29, 0.717) is 25.3 Å². The molecule has 2 aromatic rings. The van der Waals surface area contributed by atoms with Crippen LogP contribution in [0, 0.1) is 11.3 Å². The lowest BCUT2D eigenvalue weighted by molar-refractivity contribution is -0.142. The summed E-state index contributed by atoms with van der Waals surface area (Å²) in [4.78, 5) is 36.6. The van der Waals surface area contributed by atoms with E-state index in [2.05, 4.69) is 35.2 Å². The molecule has 1 fully saturated rings. The largest absolute Gasteiger partial charge is 0.353 e. The van der Waals surface area contributed by atoms with Gasteiger partial charge in [-0.3, -0.25) is 9.59 Å². The number of benzene rings is 1. The molecule has 1 N–H and O–H groups in total. The molecule has 2 heterocycles. The Morgan fingerprint density at radius 1 is 1.13 bits per heavy atom. The van der Waals surface area contributed by atoms with Crippen LogP contribution >= 0.6 is 0 Å². The molecule has 1 aliphatic heterocycles. The summed E-state index contributed by atoms with van der Waals surface area (Å²) in [6.07, 6.45) is 7.78. The van der Waals surface area contributed by atoms with Crippen LogP contribution in [-0.2, 0) is 16.0 Å². The van der Waals surface area contributed by atoms with Crippen molar-refractivity contribution in [3.05, 3.63) is 48.5 Å². The van der Waals surface area contributed by atoms with E-state index in [-0.39, 0.29) is 17.9 Å². The van der Waals surface area contributed by atoms with Crippen LogP contribution in [-0.4, -0.2) is 45.8 Å². The summed E-state index contributed by atoms with van der Waals surface area (Å²) < 4.78 is 0. The number of nitrogens with one attached hydrogen (secondary N) is 1. The van der Waals surface area contributed by atoms with Gasteiger partial charge in [0.2, 0.25) is 11.8 Å². The Morgan fingerprint density at radius 3 is 2.52 bits per heavy atom. The SMILES string of the molecule is CC(C)CC(=O)N1CCC[C@](Cc2ccccc2-c2cncnc2)(C(=O)NC(C)C)C1. The highest BCUT2D eigenvalue weighted by molar-refractivity contribution is 5.85. The second kappa shape index (κ2) is 10.0. The number of nitrogens with zero attached hydrogens (tertiary/aromatic N) is 3. The minimum atomic E-state index is -0.652. The highest BCUT2D eigenvalue weighted by atomic mass is 16.2. The second-order valence-corrected chi connectivity index (χ2v) is 9.39. The molecule has 6 nitrogen and oxygen atoms in total. The molecule has 0 unspecified atom stereocenters. The van der Waals surface area contributed by atoms with Crippen LogP contribution in [0.1, 0.15) is 52.5 Å². The van der Waals surface area contributed by atoms with Crippen molar-refractivity contribution in [3.8, 4) is 11.1 Å². The van der Waals surface area contributed by atoms with Gasteiger partial charge in [-0.05, 0) is 50.2 Å². The van der Waals surface area contributed by atoms with Crippen molar-refractivity contribution in [3.63, 3.8) is 0 Å². The van der Waals surface area contributed by atoms with Crippen LogP contribution in [0.2, 0.25) is 0 Å². The predicted octanol–water partition coefficient (Wildman–Crippen LogP) is 3.87. The lowest BCUT2D eigenvalue weighted by Gasteiger charge is -2.42. The van der Waals surface area contributed by atoms with Crippen molar-refractivity contribution in [1.82, 2.24) is 20.2 Å². The van der Waals surface area contributed by atoms with Gasteiger partial charge in [-0.15, -0.1) is 0 Å². The first-order chi connectivity index (χ1) is 14.8. The Labute approximate surface area is 185 Å². The fourth-order valence-electron chi connectivity index (χ4n) is 4.41. The zero-order chi connectivity index (χ0) is 22.4. The summed E-state index contributed by atoms with van der Waals surface area (Å²) in [5.74, 6) is 0.469. The molecule has 0 saturated carbocycles. The van der Waals surface area contributed by atoms with E-state index in [1.807, 2.05) is 36.9 Å². The third-order valence-corrected chi connectivity index (χ3v) is 5.83. The minimum absolute atomic E-state index is 0.0312. The van der Waals surface area contributed by atoms with Crippen molar-refractivity contribution < 1.29 is 9.59 Å². The molecule has 166 valence electrons. The van der Waals surface area contributed by atoms with Crippen LogP contribution < -0.4 is 5.32 Å². The molecule has 1 atom stereocenters. The van der Waals surface area contributed by atoms with Crippen LogP contribution in [0.3, 0.4) is 0 Å². The predicted molar refractivity (Wildman–Crippen MR) is 122 cm³/mol. The van der Waals surface area contributed by atoms with Gasteiger partial charge in [0.25, 0.3) is 0 Å². The Morgan fingerprint density at radius 2 is 1.84 bits per heavy atom. The average molecular weight is 423 g/mol. The Balaban J connectivity index is 1.96. The molecule has 6 heteroatoms. The molecule has 1 aliphatic rings. The van der Waals surface area contributed by atoms with E-state index >= 15 is 0 Å². The van der Waals surface area contributed by atoms with Gasteiger partial charge < -0.3 is 10.2 Å². The number of hydrogen-bond donors (Lipinski definition) is 1. The van der Waals surface area contributed by atoms with E-state index in [1.165, 1.54) is 6.33 Å². The van der Waals surface area contributed by atoms with Gasteiger partial charge in [0.05, 0.1) is 5.41 Å². The number of carbonyl (C=O) groups excluding carboxylic acids is 2. The fraction of sp³-hybridized carbons (Fsp3) is 0.520. The summed E-state index contributed by atoms with van der Waals surface area (Å²) in [5.41, 5.74) is 2.39. The summed E-state index contributed by atoms with van der Waals surface area (Å²) >= 11 is 0. The smallest absolute Gasteiger partial charge is 0.228 e. The fourth-order valence-corrected chi connectivity index (χ4v) is 4.41. The van der Waals surface area contributed by atoms with E-state index in [1.54, 1.807) is 12.4 Å². The van der Waals surface area contributed by atoms with Gasteiger partial charge in [0.1, 0.15) is 6.33 Å². The monoisotopic (exact) mass is 422 g/mol. The molecule has 2 amide bonds. The third kappa shape index (κ3) is 5.69. The van der Waals surface area contributed by atoms with Crippen molar-refractivity contribution in [2.45, 2.75) is 59.4 Å². The van der Waals surface area contributed by atoms with Crippen LogP contribution in [0.4, 0.5) is 0 Å². The highest BCUT2D eigenvalue weighted by Crippen LogP contribution is 2.37. The Kier molecular flexibility index (Phi) is 7.42. The molecule has 1 aromatic carbocycles.